The molecule has 0 bridgehead atoms. The predicted octanol–water partition coefficient (Wildman–Crippen LogP) is 5.11. The summed E-state index contributed by atoms with van der Waals surface area (Å²) < 4.78 is 3.68. The van der Waals surface area contributed by atoms with Gasteiger partial charge in [-0.3, -0.25) is 9.13 Å². The van der Waals surface area contributed by atoms with Crippen molar-refractivity contribution in [2.75, 3.05) is 5.32 Å². The van der Waals surface area contributed by atoms with Crippen molar-refractivity contribution in [1.29, 1.82) is 0 Å². The molecular weight excluding hydrogens is 433 g/mol. The Morgan fingerprint density at radius 1 is 1.13 bits per heavy atom. The number of hydrogen-bond acceptors (Lipinski definition) is 4. The normalized spacial score (nSPS) is 18.6. The third kappa shape index (κ3) is 4.20. The average Bonchev–Trinajstić information content (AvgIpc) is 3.38. The maximum absolute atomic E-state index is 13.3. The van der Waals surface area contributed by atoms with Gasteiger partial charge in [0.2, 0.25) is 0 Å². The van der Waals surface area contributed by atoms with E-state index >= 15 is 0 Å². The molecule has 1 atom stereocenters. The monoisotopic (exact) mass is 461 g/mol. The second-order valence-corrected chi connectivity index (χ2v) is 9.09. The summed E-state index contributed by atoms with van der Waals surface area (Å²) >= 11 is 6.02. The van der Waals surface area contributed by atoms with Crippen LogP contribution in [-0.2, 0) is 19.5 Å². The average molecular weight is 462 g/mol. The quantitative estimate of drug-likeness (QED) is 0.572. The second-order valence-electron chi connectivity index (χ2n) is 8.65. The summed E-state index contributed by atoms with van der Waals surface area (Å²) in [7, 11) is 0. The highest BCUT2D eigenvalue weighted by atomic mass is 35.5. The van der Waals surface area contributed by atoms with Crippen LogP contribution in [0.1, 0.15) is 62.8 Å². The topological polar surface area (TPSA) is 64.7 Å². The fraction of sp³-hybridized carbons (Fsp3) is 0.522. The Morgan fingerprint density at radius 2 is 1.87 bits per heavy atom. The summed E-state index contributed by atoms with van der Waals surface area (Å²) in [6, 6.07) is 8.07. The molecule has 1 aliphatic carbocycles. The third-order valence-electron chi connectivity index (χ3n) is 6.43. The molecule has 1 saturated carbocycles. The smallest absolute Gasteiger partial charge is 0.331 e. The minimum Gasteiger partial charge on any atom is -0.365 e. The van der Waals surface area contributed by atoms with Crippen LogP contribution in [0.4, 0.5) is 5.82 Å². The molecule has 1 N–H and O–H groups in total. The Labute approximate surface area is 193 Å². The molecule has 0 radical (unpaired) electrons. The van der Waals surface area contributed by atoms with Gasteiger partial charge in [-0.1, -0.05) is 49.9 Å². The van der Waals surface area contributed by atoms with Gasteiger partial charge in [0, 0.05) is 30.1 Å². The molecule has 3 heterocycles. The Bertz CT molecular complexity index is 1070. The lowest BCUT2D eigenvalue weighted by atomic mass is 9.89. The van der Waals surface area contributed by atoms with E-state index in [4.69, 9.17) is 21.6 Å². The van der Waals surface area contributed by atoms with Crippen LogP contribution >= 0.6 is 24.0 Å². The van der Waals surface area contributed by atoms with Gasteiger partial charge in [0.25, 0.3) is 0 Å². The molecule has 1 unspecified atom stereocenters. The number of halogens is 2. The minimum absolute atomic E-state index is 0. The van der Waals surface area contributed by atoms with Crippen molar-refractivity contribution in [1.82, 2.24) is 19.1 Å². The Kier molecular flexibility index (Phi) is 6.58. The molecular formula is C23H29Cl2N5O. The molecule has 0 saturated heterocycles. The molecule has 8 heteroatoms. The Balaban J connectivity index is 0.00000231. The van der Waals surface area contributed by atoms with Crippen molar-refractivity contribution in [2.45, 2.75) is 76.9 Å². The van der Waals surface area contributed by atoms with E-state index in [1.807, 2.05) is 33.4 Å². The first kappa shape index (κ1) is 22.2. The number of rotatable bonds is 5. The van der Waals surface area contributed by atoms with E-state index < -0.39 is 0 Å². The van der Waals surface area contributed by atoms with Crippen molar-refractivity contribution in [3.8, 4) is 11.5 Å². The molecule has 4 aliphatic rings. The molecule has 3 aliphatic heterocycles. The molecule has 31 heavy (non-hydrogen) atoms. The highest BCUT2D eigenvalue weighted by molar-refractivity contribution is 6.30. The third-order valence-corrected chi connectivity index (χ3v) is 6.68. The maximum Gasteiger partial charge on any atom is 0.331 e. The summed E-state index contributed by atoms with van der Waals surface area (Å²) in [6.07, 6.45) is 7.80. The molecule has 166 valence electrons. The van der Waals surface area contributed by atoms with Gasteiger partial charge in [-0.15, -0.1) is 12.4 Å². The number of nitrogens with zero attached hydrogens (tertiary/aromatic N) is 4. The van der Waals surface area contributed by atoms with Crippen LogP contribution < -0.4 is 11.0 Å². The van der Waals surface area contributed by atoms with Gasteiger partial charge in [0.15, 0.2) is 5.82 Å². The van der Waals surface area contributed by atoms with Crippen molar-refractivity contribution in [2.24, 2.45) is 0 Å². The van der Waals surface area contributed by atoms with Crippen LogP contribution in [0.15, 0.2) is 29.1 Å². The van der Waals surface area contributed by atoms with Gasteiger partial charge >= 0.3 is 5.69 Å². The number of imidazole rings is 1. The lowest BCUT2D eigenvalue weighted by Gasteiger charge is -2.18. The summed E-state index contributed by atoms with van der Waals surface area (Å²) in [4.78, 5) is 23.2. The van der Waals surface area contributed by atoms with Gasteiger partial charge in [0.05, 0.1) is 0 Å². The van der Waals surface area contributed by atoms with Crippen LogP contribution in [0.5, 0.6) is 0 Å². The molecule has 5 rings (SSSR count). The first-order valence-corrected chi connectivity index (χ1v) is 11.5. The van der Waals surface area contributed by atoms with Crippen molar-refractivity contribution >= 4 is 29.8 Å². The van der Waals surface area contributed by atoms with E-state index in [1.165, 1.54) is 24.8 Å². The van der Waals surface area contributed by atoms with E-state index in [0.29, 0.717) is 19.0 Å². The maximum atomic E-state index is 13.3. The zero-order chi connectivity index (χ0) is 20.7. The van der Waals surface area contributed by atoms with Gasteiger partial charge in [-0.2, -0.15) is 0 Å². The van der Waals surface area contributed by atoms with Gasteiger partial charge in [-0.05, 0) is 43.4 Å². The van der Waals surface area contributed by atoms with E-state index in [0.717, 1.165) is 53.9 Å². The van der Waals surface area contributed by atoms with Gasteiger partial charge in [0.1, 0.15) is 17.3 Å². The van der Waals surface area contributed by atoms with Crippen molar-refractivity contribution < 1.29 is 0 Å². The zero-order valence-corrected chi connectivity index (χ0v) is 19.4. The molecule has 1 aromatic carbocycles. The summed E-state index contributed by atoms with van der Waals surface area (Å²) in [5, 5.41) is 4.32. The standard InChI is InChI=1S/C23H28ClN5O.ClH/c1-2-12-28-22-19(26-20(27-22)16-6-4-3-5-7-16)21-25-18(14-29(21)23(28)30)13-15-8-10-17(24)11-9-15;/h8-11,16,18,25H,2-7,12-14H2,1H3;1H. The molecule has 1 fully saturated rings. The lowest BCUT2D eigenvalue weighted by Crippen LogP contribution is -2.32. The number of nitrogens with one attached hydrogen (secondary N) is 1. The van der Waals surface area contributed by atoms with Gasteiger partial charge in [-0.25, -0.2) is 14.8 Å². The van der Waals surface area contributed by atoms with E-state index in [1.54, 1.807) is 0 Å². The number of benzene rings is 1. The van der Waals surface area contributed by atoms with Crippen molar-refractivity contribution in [3.63, 3.8) is 0 Å². The molecule has 0 spiro atoms. The summed E-state index contributed by atoms with van der Waals surface area (Å²) in [5.74, 6) is 2.92. The summed E-state index contributed by atoms with van der Waals surface area (Å²) in [6.45, 7) is 3.40. The first-order valence-electron chi connectivity index (χ1n) is 11.2. The first-order chi connectivity index (χ1) is 14.6. The highest BCUT2D eigenvalue weighted by Crippen LogP contribution is 2.36. The van der Waals surface area contributed by atoms with E-state index in [-0.39, 0.29) is 24.1 Å². The Morgan fingerprint density at radius 3 is 2.58 bits per heavy atom. The van der Waals surface area contributed by atoms with Crippen LogP contribution in [0.25, 0.3) is 11.5 Å². The van der Waals surface area contributed by atoms with Crippen LogP contribution in [0.3, 0.4) is 0 Å². The van der Waals surface area contributed by atoms with E-state index in [2.05, 4.69) is 12.2 Å². The fourth-order valence-electron chi connectivity index (χ4n) is 4.92. The SMILES string of the molecule is CCCn1c2nc(C3CCCCC3)nc-2c2n(c1=O)CC(Cc1ccc(Cl)cc1)N2.Cl. The number of anilines is 1. The molecule has 6 nitrogen and oxygen atoms in total. The summed E-state index contributed by atoms with van der Waals surface area (Å²) in [5.41, 5.74) is 2.06. The molecule has 1 aromatic rings. The molecule has 0 aromatic heterocycles. The number of hydrogen-bond donors (Lipinski definition) is 1. The predicted molar refractivity (Wildman–Crippen MR) is 127 cm³/mol. The highest BCUT2D eigenvalue weighted by Gasteiger charge is 2.33. The van der Waals surface area contributed by atoms with Crippen LogP contribution in [-0.4, -0.2) is 25.1 Å². The number of aromatic nitrogens is 4. The fourth-order valence-corrected chi connectivity index (χ4v) is 5.05. The largest absolute Gasteiger partial charge is 0.365 e. The van der Waals surface area contributed by atoms with Crippen molar-refractivity contribution in [3.05, 3.63) is 51.2 Å². The second kappa shape index (κ2) is 9.21. The van der Waals surface area contributed by atoms with Crippen LogP contribution in [0, 0.1) is 0 Å². The zero-order valence-electron chi connectivity index (χ0n) is 17.8. The van der Waals surface area contributed by atoms with E-state index in [9.17, 15) is 4.79 Å². The number of fused-ring (bicyclic) bond motifs is 3. The van der Waals surface area contributed by atoms with Gasteiger partial charge < -0.3 is 5.32 Å². The molecule has 0 amide bonds. The Hall–Kier alpha value is -2.05. The van der Waals surface area contributed by atoms with Crippen LogP contribution in [0.2, 0.25) is 5.02 Å². The minimum atomic E-state index is 0. The lowest BCUT2D eigenvalue weighted by molar-refractivity contribution is 0.431.